The average molecular weight is 527 g/mol. The molecule has 1 N–H and O–H groups in total. The van der Waals surface area contributed by atoms with Crippen molar-refractivity contribution in [2.75, 3.05) is 6.61 Å². The molecule has 0 bridgehead atoms. The molecule has 174 valence electrons. The minimum absolute atomic E-state index is 0.0756. The molecular weight excluding hydrogens is 509 g/mol. The number of fused-ring (bicyclic) bond motifs is 1. The SMILES string of the molecule is CC1(C)S[C@@H]2[C@@H](NC(=O)OCC(Cl)(Cl)Cl)C(=O)N2[C@H]1C(=O)OCc1ccc([N+](=O)[O-])cc1. The first-order chi connectivity index (χ1) is 14.8. The number of hydrogen-bond donors (Lipinski definition) is 1. The molecule has 0 spiro atoms. The number of nitrogens with zero attached hydrogens (tertiary/aromatic N) is 2. The highest BCUT2D eigenvalue weighted by Crippen LogP contribution is 2.51. The molecule has 3 rings (SSSR count). The molecule has 14 heteroatoms. The van der Waals surface area contributed by atoms with Crippen molar-refractivity contribution in [2.45, 2.75) is 46.5 Å². The van der Waals surface area contributed by atoms with Crippen LogP contribution in [0.4, 0.5) is 10.5 Å². The van der Waals surface area contributed by atoms with E-state index in [1.807, 2.05) is 0 Å². The smallest absolute Gasteiger partial charge is 0.408 e. The van der Waals surface area contributed by atoms with Crippen LogP contribution >= 0.6 is 46.6 Å². The van der Waals surface area contributed by atoms with Gasteiger partial charge in [0, 0.05) is 16.9 Å². The Balaban J connectivity index is 1.60. The average Bonchev–Trinajstić information content (AvgIpc) is 2.96. The van der Waals surface area contributed by atoms with Crippen LogP contribution in [0, 0.1) is 10.1 Å². The summed E-state index contributed by atoms with van der Waals surface area (Å²) in [6.07, 6.45) is -0.920. The van der Waals surface area contributed by atoms with Gasteiger partial charge in [-0.05, 0) is 31.5 Å². The van der Waals surface area contributed by atoms with E-state index in [1.165, 1.54) is 40.9 Å². The van der Waals surface area contributed by atoms with Gasteiger partial charge in [0.1, 0.15) is 30.7 Å². The van der Waals surface area contributed by atoms with E-state index in [1.54, 1.807) is 13.8 Å². The number of carbonyl (C=O) groups excluding carboxylic acids is 3. The third kappa shape index (κ3) is 5.33. The number of alkyl carbamates (subject to hydrolysis) is 1. The third-order valence-corrected chi connectivity index (χ3v) is 6.73. The van der Waals surface area contributed by atoms with Crippen molar-refractivity contribution in [1.29, 1.82) is 0 Å². The Hall–Kier alpha value is -1.95. The van der Waals surface area contributed by atoms with Gasteiger partial charge in [0.2, 0.25) is 9.70 Å². The molecule has 1 aromatic carbocycles. The minimum atomic E-state index is -1.78. The van der Waals surface area contributed by atoms with Crippen molar-refractivity contribution in [3.05, 3.63) is 39.9 Å². The maximum absolute atomic E-state index is 12.8. The summed E-state index contributed by atoms with van der Waals surface area (Å²) in [5.41, 5.74) is 0.489. The van der Waals surface area contributed by atoms with Crippen molar-refractivity contribution < 1.29 is 28.8 Å². The number of nitro benzene ring substituents is 1. The van der Waals surface area contributed by atoms with Gasteiger partial charge < -0.3 is 19.7 Å². The largest absolute Gasteiger partial charge is 0.459 e. The van der Waals surface area contributed by atoms with E-state index in [2.05, 4.69) is 5.32 Å². The highest BCUT2D eigenvalue weighted by molar-refractivity contribution is 8.01. The van der Waals surface area contributed by atoms with Crippen LogP contribution in [0.25, 0.3) is 0 Å². The number of rotatable bonds is 6. The first-order valence-corrected chi connectivity index (χ1v) is 11.2. The molecule has 0 aromatic heterocycles. The number of thioether (sulfide) groups is 1. The van der Waals surface area contributed by atoms with Crippen LogP contribution < -0.4 is 5.32 Å². The number of non-ortho nitro benzene ring substituents is 1. The summed E-state index contributed by atoms with van der Waals surface area (Å²) in [5, 5.41) is 12.7. The summed E-state index contributed by atoms with van der Waals surface area (Å²) in [7, 11) is 0. The molecule has 1 aromatic rings. The van der Waals surface area contributed by atoms with Gasteiger partial charge in [-0.3, -0.25) is 14.9 Å². The zero-order chi connectivity index (χ0) is 23.8. The maximum Gasteiger partial charge on any atom is 0.408 e. The number of nitrogens with one attached hydrogen (secondary N) is 1. The molecule has 0 unspecified atom stereocenters. The van der Waals surface area contributed by atoms with Gasteiger partial charge in [0.15, 0.2) is 0 Å². The Morgan fingerprint density at radius 2 is 1.88 bits per heavy atom. The minimum Gasteiger partial charge on any atom is -0.459 e. The van der Waals surface area contributed by atoms with Crippen LogP contribution in [-0.4, -0.2) is 60.4 Å². The molecule has 2 heterocycles. The van der Waals surface area contributed by atoms with Crippen LogP contribution in [0.15, 0.2) is 24.3 Å². The second-order valence-electron chi connectivity index (χ2n) is 7.60. The van der Waals surface area contributed by atoms with Gasteiger partial charge in [-0.1, -0.05) is 34.8 Å². The topological polar surface area (TPSA) is 128 Å². The van der Waals surface area contributed by atoms with Crippen molar-refractivity contribution >= 4 is 70.2 Å². The molecule has 0 radical (unpaired) electrons. The fourth-order valence-corrected chi connectivity index (χ4v) is 5.17. The fourth-order valence-electron chi connectivity index (χ4n) is 3.39. The molecule has 2 amide bonds. The van der Waals surface area contributed by atoms with E-state index < -0.39 is 55.5 Å². The maximum atomic E-state index is 12.8. The van der Waals surface area contributed by atoms with Crippen LogP contribution in [0.1, 0.15) is 19.4 Å². The first-order valence-electron chi connectivity index (χ1n) is 9.20. The lowest BCUT2D eigenvalue weighted by atomic mass is 9.96. The third-order valence-electron chi connectivity index (χ3n) is 4.83. The number of hydrogen-bond acceptors (Lipinski definition) is 8. The molecule has 3 atom stereocenters. The Morgan fingerprint density at radius 1 is 1.25 bits per heavy atom. The summed E-state index contributed by atoms with van der Waals surface area (Å²) in [5.74, 6) is -1.08. The van der Waals surface area contributed by atoms with Gasteiger partial charge in [0.25, 0.3) is 5.69 Å². The number of halogens is 3. The first kappa shape index (κ1) is 24.7. The van der Waals surface area contributed by atoms with Crippen LogP contribution in [0.2, 0.25) is 0 Å². The summed E-state index contributed by atoms with van der Waals surface area (Å²) in [6.45, 7) is 2.99. The zero-order valence-corrected chi connectivity index (χ0v) is 19.8. The molecular formula is C18H18Cl3N3O7S. The molecule has 2 saturated heterocycles. The standard InChI is InChI=1S/C18H18Cl3N3O7S/c1-17(2)12(15(26)30-7-9-3-5-10(6-4-9)24(28)29)23-13(25)11(14(23)32-17)22-16(27)31-8-18(19,20)21/h3-6,11-12,14H,7-8H2,1-2H3,(H,22,27)/t11-,12-,14+/m0/s1. The van der Waals surface area contributed by atoms with Crippen molar-refractivity contribution in [1.82, 2.24) is 10.2 Å². The summed E-state index contributed by atoms with van der Waals surface area (Å²) in [4.78, 5) is 48.9. The molecule has 32 heavy (non-hydrogen) atoms. The number of amides is 2. The van der Waals surface area contributed by atoms with Crippen LogP contribution in [0.5, 0.6) is 0 Å². The lowest BCUT2D eigenvalue weighted by Crippen LogP contribution is -2.70. The van der Waals surface area contributed by atoms with E-state index in [0.717, 1.165) is 0 Å². The normalized spacial score (nSPS) is 23.7. The second-order valence-corrected chi connectivity index (χ2v) is 11.9. The monoisotopic (exact) mass is 525 g/mol. The summed E-state index contributed by atoms with van der Waals surface area (Å²) in [6, 6.07) is 3.82. The van der Waals surface area contributed by atoms with E-state index in [0.29, 0.717) is 5.56 Å². The lowest BCUT2D eigenvalue weighted by Gasteiger charge is -2.43. The Bertz CT molecular complexity index is 939. The zero-order valence-electron chi connectivity index (χ0n) is 16.7. The van der Waals surface area contributed by atoms with Gasteiger partial charge in [-0.2, -0.15) is 0 Å². The van der Waals surface area contributed by atoms with E-state index in [-0.39, 0.29) is 12.3 Å². The number of ether oxygens (including phenoxy) is 2. The Kier molecular flexibility index (Phi) is 7.04. The predicted octanol–water partition coefficient (Wildman–Crippen LogP) is 3.17. The highest BCUT2D eigenvalue weighted by Gasteiger charge is 2.64. The van der Waals surface area contributed by atoms with Crippen LogP contribution in [0.3, 0.4) is 0 Å². The van der Waals surface area contributed by atoms with Crippen LogP contribution in [-0.2, 0) is 25.7 Å². The van der Waals surface area contributed by atoms with Crippen molar-refractivity contribution in [3.8, 4) is 0 Å². The molecule has 10 nitrogen and oxygen atoms in total. The molecule has 2 fully saturated rings. The number of alkyl halides is 3. The fraction of sp³-hybridized carbons (Fsp3) is 0.500. The number of carbonyl (C=O) groups is 3. The summed E-state index contributed by atoms with van der Waals surface area (Å²) < 4.78 is 7.68. The number of nitro groups is 1. The molecule has 2 aliphatic heterocycles. The second kappa shape index (κ2) is 9.12. The molecule has 0 aliphatic carbocycles. The predicted molar refractivity (Wildman–Crippen MR) is 118 cm³/mol. The van der Waals surface area contributed by atoms with E-state index in [9.17, 15) is 24.5 Å². The molecule has 2 aliphatic rings. The Labute approximate surface area is 202 Å². The number of esters is 1. The number of β-lactam (4-membered cyclic amide) rings is 1. The summed E-state index contributed by atoms with van der Waals surface area (Å²) >= 11 is 17.9. The number of benzene rings is 1. The van der Waals surface area contributed by atoms with Gasteiger partial charge in [-0.15, -0.1) is 11.8 Å². The van der Waals surface area contributed by atoms with E-state index >= 15 is 0 Å². The lowest BCUT2D eigenvalue weighted by molar-refractivity contribution is -0.384. The van der Waals surface area contributed by atoms with Gasteiger partial charge >= 0.3 is 12.1 Å². The highest BCUT2D eigenvalue weighted by atomic mass is 35.6. The van der Waals surface area contributed by atoms with E-state index in [4.69, 9.17) is 44.3 Å². The van der Waals surface area contributed by atoms with Crippen molar-refractivity contribution in [2.24, 2.45) is 0 Å². The van der Waals surface area contributed by atoms with Gasteiger partial charge in [0.05, 0.1) is 4.92 Å². The van der Waals surface area contributed by atoms with Gasteiger partial charge in [-0.25, -0.2) is 9.59 Å². The molecule has 0 saturated carbocycles. The quantitative estimate of drug-likeness (QED) is 0.197. The van der Waals surface area contributed by atoms with Crippen molar-refractivity contribution in [3.63, 3.8) is 0 Å². The Morgan fingerprint density at radius 3 is 2.44 bits per heavy atom.